The van der Waals surface area contributed by atoms with Gasteiger partial charge in [0.25, 0.3) is 0 Å². The quantitative estimate of drug-likeness (QED) is 0.775. The largest absolute Gasteiger partial charge is 0.309 e. The van der Waals surface area contributed by atoms with Crippen molar-refractivity contribution in [1.82, 2.24) is 10.2 Å². The van der Waals surface area contributed by atoms with Crippen LogP contribution in [0.1, 0.15) is 55.8 Å². The zero-order chi connectivity index (χ0) is 14.5. The fourth-order valence-corrected chi connectivity index (χ4v) is 2.94. The lowest BCUT2D eigenvalue weighted by Crippen LogP contribution is -2.37. The van der Waals surface area contributed by atoms with E-state index in [-0.39, 0.29) is 0 Å². The number of benzene rings is 1. The molecule has 0 aliphatic heterocycles. The molecule has 2 rings (SSSR count). The van der Waals surface area contributed by atoms with Gasteiger partial charge >= 0.3 is 0 Å². The molecule has 1 unspecified atom stereocenters. The molecule has 0 spiro atoms. The Morgan fingerprint density at radius 2 is 2.00 bits per heavy atom. The Kier molecular flexibility index (Phi) is 5.62. The molecule has 0 radical (unpaired) electrons. The minimum atomic E-state index is 0.468. The molecule has 1 N–H and O–H groups in total. The Morgan fingerprint density at radius 3 is 2.60 bits per heavy atom. The van der Waals surface area contributed by atoms with E-state index < -0.39 is 0 Å². The lowest BCUT2D eigenvalue weighted by atomic mass is 9.98. The van der Waals surface area contributed by atoms with Gasteiger partial charge in [0.1, 0.15) is 0 Å². The zero-order valence-electron chi connectivity index (χ0n) is 13.6. The van der Waals surface area contributed by atoms with E-state index >= 15 is 0 Å². The average molecular weight is 274 g/mol. The van der Waals surface area contributed by atoms with E-state index in [2.05, 4.69) is 56.1 Å². The molecule has 2 nitrogen and oxygen atoms in total. The summed E-state index contributed by atoms with van der Waals surface area (Å²) in [4.78, 5) is 2.65. The summed E-state index contributed by atoms with van der Waals surface area (Å²) in [6.45, 7) is 12.4. The molecular weight excluding hydrogens is 244 g/mol. The summed E-state index contributed by atoms with van der Waals surface area (Å²) >= 11 is 0. The first kappa shape index (κ1) is 15.5. The van der Waals surface area contributed by atoms with E-state index in [4.69, 9.17) is 0 Å². The number of nitrogens with zero attached hydrogens (tertiary/aromatic N) is 1. The van der Waals surface area contributed by atoms with Crippen molar-refractivity contribution in [2.24, 2.45) is 0 Å². The number of likely N-dealkylation sites (N-methyl/N-ethyl adjacent to an activating group) is 1. The summed E-state index contributed by atoms with van der Waals surface area (Å²) < 4.78 is 0. The monoisotopic (exact) mass is 274 g/mol. The molecule has 0 heterocycles. The normalized spacial score (nSPS) is 16.6. The van der Waals surface area contributed by atoms with Crippen LogP contribution >= 0.6 is 0 Å². The van der Waals surface area contributed by atoms with Crippen LogP contribution in [0.3, 0.4) is 0 Å². The lowest BCUT2D eigenvalue weighted by Gasteiger charge is -2.28. The topological polar surface area (TPSA) is 15.3 Å². The third-order valence-corrected chi connectivity index (χ3v) is 4.34. The molecule has 0 bridgehead atoms. The van der Waals surface area contributed by atoms with E-state index in [0.29, 0.717) is 6.04 Å². The maximum atomic E-state index is 3.76. The summed E-state index contributed by atoms with van der Waals surface area (Å²) in [6.07, 6.45) is 3.97. The fraction of sp³-hybridized carbons (Fsp3) is 0.667. The molecule has 0 amide bonds. The van der Waals surface area contributed by atoms with E-state index in [1.807, 2.05) is 0 Å². The zero-order valence-corrected chi connectivity index (χ0v) is 13.6. The smallest absolute Gasteiger partial charge is 0.0452 e. The molecule has 1 aromatic carbocycles. The van der Waals surface area contributed by atoms with Crippen LogP contribution in [0.25, 0.3) is 0 Å². The summed E-state index contributed by atoms with van der Waals surface area (Å²) in [5.74, 6) is 0. The Labute approximate surface area is 124 Å². The number of hydrogen-bond donors (Lipinski definition) is 1. The van der Waals surface area contributed by atoms with Crippen molar-refractivity contribution in [1.29, 1.82) is 0 Å². The highest BCUT2D eigenvalue weighted by atomic mass is 15.2. The van der Waals surface area contributed by atoms with E-state index in [9.17, 15) is 0 Å². The van der Waals surface area contributed by atoms with E-state index in [0.717, 1.165) is 19.1 Å². The summed E-state index contributed by atoms with van der Waals surface area (Å²) in [6, 6.07) is 8.16. The van der Waals surface area contributed by atoms with Gasteiger partial charge in [-0.2, -0.15) is 0 Å². The Balaban J connectivity index is 2.14. The lowest BCUT2D eigenvalue weighted by molar-refractivity contribution is 0.244. The van der Waals surface area contributed by atoms with Crippen LogP contribution in [0.5, 0.6) is 0 Å². The Bertz CT molecular complexity index is 423. The summed E-state index contributed by atoms with van der Waals surface area (Å²) in [5, 5.41) is 3.76. The van der Waals surface area contributed by atoms with Gasteiger partial charge in [-0.25, -0.2) is 0 Å². The molecule has 20 heavy (non-hydrogen) atoms. The first-order valence-electron chi connectivity index (χ1n) is 8.20. The Morgan fingerprint density at radius 1 is 1.25 bits per heavy atom. The van der Waals surface area contributed by atoms with Crippen LogP contribution in [0.2, 0.25) is 0 Å². The first-order valence-corrected chi connectivity index (χ1v) is 8.20. The molecule has 1 atom stereocenters. The van der Waals surface area contributed by atoms with Gasteiger partial charge < -0.3 is 5.32 Å². The van der Waals surface area contributed by atoms with Crippen LogP contribution in [-0.2, 0) is 0 Å². The number of hydrogen-bond acceptors (Lipinski definition) is 2. The molecule has 1 aromatic rings. The SMILES string of the molecule is CCCNC(CN(CC)C1CC1)c1cc(C)ccc1C. The second-order valence-corrected chi connectivity index (χ2v) is 6.19. The van der Waals surface area contributed by atoms with Crippen molar-refractivity contribution < 1.29 is 0 Å². The molecule has 1 aliphatic carbocycles. The van der Waals surface area contributed by atoms with Crippen LogP contribution in [0.4, 0.5) is 0 Å². The second-order valence-electron chi connectivity index (χ2n) is 6.19. The highest BCUT2D eigenvalue weighted by Crippen LogP contribution is 2.29. The molecule has 1 fully saturated rings. The molecule has 2 heteroatoms. The predicted molar refractivity (Wildman–Crippen MR) is 87.2 cm³/mol. The van der Waals surface area contributed by atoms with Gasteiger partial charge in [0, 0.05) is 18.6 Å². The van der Waals surface area contributed by atoms with Crippen molar-refractivity contribution >= 4 is 0 Å². The summed E-state index contributed by atoms with van der Waals surface area (Å²) in [5.41, 5.74) is 4.26. The standard InChI is InChI=1S/C18H30N2/c1-5-11-19-18(13-20(6-2)16-9-10-16)17-12-14(3)7-8-15(17)4/h7-8,12,16,18-19H,5-6,9-11,13H2,1-4H3. The Hall–Kier alpha value is -0.860. The van der Waals surface area contributed by atoms with Gasteiger partial charge in [-0.15, -0.1) is 0 Å². The molecule has 112 valence electrons. The van der Waals surface area contributed by atoms with Crippen LogP contribution in [-0.4, -0.2) is 30.6 Å². The maximum Gasteiger partial charge on any atom is 0.0452 e. The number of aryl methyl sites for hydroxylation is 2. The number of nitrogens with one attached hydrogen (secondary N) is 1. The van der Waals surface area contributed by atoms with Crippen molar-refractivity contribution in [3.63, 3.8) is 0 Å². The highest BCUT2D eigenvalue weighted by Gasteiger charge is 2.29. The van der Waals surface area contributed by atoms with E-state index in [1.165, 1.54) is 42.5 Å². The van der Waals surface area contributed by atoms with Gasteiger partial charge in [-0.05, 0) is 57.3 Å². The van der Waals surface area contributed by atoms with Crippen LogP contribution in [0, 0.1) is 13.8 Å². The predicted octanol–water partition coefficient (Wildman–Crippen LogP) is 3.83. The van der Waals surface area contributed by atoms with E-state index in [1.54, 1.807) is 0 Å². The fourth-order valence-electron chi connectivity index (χ4n) is 2.94. The minimum Gasteiger partial charge on any atom is -0.309 e. The van der Waals surface area contributed by atoms with Gasteiger partial charge in [0.15, 0.2) is 0 Å². The van der Waals surface area contributed by atoms with Gasteiger partial charge in [-0.3, -0.25) is 4.90 Å². The molecule has 1 aliphatic rings. The minimum absolute atomic E-state index is 0.468. The molecule has 0 aromatic heterocycles. The summed E-state index contributed by atoms with van der Waals surface area (Å²) in [7, 11) is 0. The molecule has 0 saturated heterocycles. The van der Waals surface area contributed by atoms with Gasteiger partial charge in [-0.1, -0.05) is 37.6 Å². The number of rotatable bonds is 8. The third-order valence-electron chi connectivity index (χ3n) is 4.34. The average Bonchev–Trinajstić information content (AvgIpc) is 3.27. The van der Waals surface area contributed by atoms with Crippen LogP contribution in [0.15, 0.2) is 18.2 Å². The second kappa shape index (κ2) is 7.24. The van der Waals surface area contributed by atoms with Gasteiger partial charge in [0.2, 0.25) is 0 Å². The van der Waals surface area contributed by atoms with Crippen LogP contribution < -0.4 is 5.32 Å². The maximum absolute atomic E-state index is 3.76. The molecule has 1 saturated carbocycles. The van der Waals surface area contributed by atoms with Crippen molar-refractivity contribution in [3.05, 3.63) is 34.9 Å². The first-order chi connectivity index (χ1) is 9.65. The highest BCUT2D eigenvalue weighted by molar-refractivity contribution is 5.33. The third kappa shape index (κ3) is 4.07. The van der Waals surface area contributed by atoms with Gasteiger partial charge in [0.05, 0.1) is 0 Å². The molecular formula is C18H30N2. The van der Waals surface area contributed by atoms with Crippen molar-refractivity contribution in [3.8, 4) is 0 Å². The van der Waals surface area contributed by atoms with Crippen molar-refractivity contribution in [2.45, 2.75) is 59.0 Å². The van der Waals surface area contributed by atoms with Crippen molar-refractivity contribution in [2.75, 3.05) is 19.6 Å².